The maximum Gasteiger partial charge on any atom is 0.223 e. The van der Waals surface area contributed by atoms with Crippen LogP contribution in [0.1, 0.15) is 46.0 Å². The summed E-state index contributed by atoms with van der Waals surface area (Å²) in [6.07, 6.45) is 5.48. The average molecular weight is 296 g/mol. The summed E-state index contributed by atoms with van der Waals surface area (Å²) in [5, 5.41) is 0. The summed E-state index contributed by atoms with van der Waals surface area (Å²) in [6.45, 7) is 11.3. The van der Waals surface area contributed by atoms with Gasteiger partial charge in [-0.05, 0) is 44.1 Å². The van der Waals surface area contributed by atoms with E-state index in [9.17, 15) is 4.79 Å². The van der Waals surface area contributed by atoms with E-state index in [0.29, 0.717) is 18.2 Å². The monoisotopic (exact) mass is 296 g/mol. The van der Waals surface area contributed by atoms with E-state index >= 15 is 0 Å². The first-order valence-electron chi connectivity index (χ1n) is 8.77. The minimum atomic E-state index is 0.354. The van der Waals surface area contributed by atoms with Crippen LogP contribution < -0.4 is 0 Å². The molecule has 2 aliphatic heterocycles. The van der Waals surface area contributed by atoms with Crippen molar-refractivity contribution in [3.05, 3.63) is 0 Å². The molecule has 0 N–H and O–H groups in total. The van der Waals surface area contributed by atoms with E-state index in [-0.39, 0.29) is 0 Å². The Kier molecular flexibility index (Phi) is 6.97. The summed E-state index contributed by atoms with van der Waals surface area (Å²) >= 11 is 0. The summed E-state index contributed by atoms with van der Waals surface area (Å²) in [7, 11) is 0. The standard InChI is InChI=1S/C17H32N2O2/c1-3-18(14-16-7-11-21-12-8-16)10-6-17(20)19-9-4-5-15(2)13-19/h15-16H,3-14H2,1-2H3. The lowest BCUT2D eigenvalue weighted by molar-refractivity contribution is -0.133. The highest BCUT2D eigenvalue weighted by Crippen LogP contribution is 2.18. The SMILES string of the molecule is CCN(CCC(=O)N1CCCC(C)C1)CC1CCOCC1. The maximum absolute atomic E-state index is 12.3. The first-order valence-corrected chi connectivity index (χ1v) is 8.77. The van der Waals surface area contributed by atoms with Gasteiger partial charge in [0.15, 0.2) is 0 Å². The lowest BCUT2D eigenvalue weighted by Gasteiger charge is -2.32. The predicted molar refractivity (Wildman–Crippen MR) is 85.3 cm³/mol. The quantitative estimate of drug-likeness (QED) is 0.754. The molecule has 0 bridgehead atoms. The summed E-state index contributed by atoms with van der Waals surface area (Å²) in [6, 6.07) is 0. The minimum absolute atomic E-state index is 0.354. The predicted octanol–water partition coefficient (Wildman–Crippen LogP) is 2.38. The lowest BCUT2D eigenvalue weighted by atomic mass is 9.99. The summed E-state index contributed by atoms with van der Waals surface area (Å²) in [5.74, 6) is 1.78. The molecule has 0 aliphatic carbocycles. The number of amides is 1. The minimum Gasteiger partial charge on any atom is -0.381 e. The van der Waals surface area contributed by atoms with Crippen LogP contribution in [0.25, 0.3) is 0 Å². The molecule has 0 aromatic carbocycles. The van der Waals surface area contributed by atoms with Gasteiger partial charge in [0, 0.05) is 45.8 Å². The van der Waals surface area contributed by atoms with Gasteiger partial charge in [-0.2, -0.15) is 0 Å². The fourth-order valence-electron chi connectivity index (χ4n) is 3.50. The Balaban J connectivity index is 1.70. The molecule has 1 amide bonds. The summed E-state index contributed by atoms with van der Waals surface area (Å²) < 4.78 is 5.42. The molecular weight excluding hydrogens is 264 g/mol. The highest BCUT2D eigenvalue weighted by atomic mass is 16.5. The van der Waals surface area contributed by atoms with E-state index < -0.39 is 0 Å². The van der Waals surface area contributed by atoms with E-state index in [0.717, 1.165) is 51.9 Å². The van der Waals surface area contributed by atoms with Crippen molar-refractivity contribution in [2.45, 2.75) is 46.0 Å². The van der Waals surface area contributed by atoms with E-state index in [2.05, 4.69) is 23.6 Å². The number of likely N-dealkylation sites (tertiary alicyclic amines) is 1. The van der Waals surface area contributed by atoms with Gasteiger partial charge in [0.05, 0.1) is 0 Å². The Labute approximate surface area is 129 Å². The van der Waals surface area contributed by atoms with Crippen LogP contribution in [0, 0.1) is 11.8 Å². The fraction of sp³-hybridized carbons (Fsp3) is 0.941. The molecule has 21 heavy (non-hydrogen) atoms. The highest BCUT2D eigenvalue weighted by molar-refractivity contribution is 5.76. The number of piperidine rings is 1. The van der Waals surface area contributed by atoms with E-state index in [1.54, 1.807) is 0 Å². The van der Waals surface area contributed by atoms with Gasteiger partial charge in [-0.3, -0.25) is 4.79 Å². The molecule has 1 atom stereocenters. The zero-order valence-corrected chi connectivity index (χ0v) is 13.9. The van der Waals surface area contributed by atoms with Gasteiger partial charge >= 0.3 is 0 Å². The average Bonchev–Trinajstić information content (AvgIpc) is 2.52. The van der Waals surface area contributed by atoms with Gasteiger partial charge < -0.3 is 14.5 Å². The maximum atomic E-state index is 12.3. The van der Waals surface area contributed by atoms with Crippen LogP contribution in [0.3, 0.4) is 0 Å². The first kappa shape index (κ1) is 16.8. The zero-order valence-electron chi connectivity index (χ0n) is 13.9. The van der Waals surface area contributed by atoms with Crippen molar-refractivity contribution in [3.8, 4) is 0 Å². The van der Waals surface area contributed by atoms with Gasteiger partial charge in [0.25, 0.3) is 0 Å². The number of nitrogens with zero attached hydrogens (tertiary/aromatic N) is 2. The van der Waals surface area contributed by atoms with Crippen LogP contribution in [0.2, 0.25) is 0 Å². The molecule has 2 saturated heterocycles. The third-order valence-corrected chi connectivity index (χ3v) is 4.96. The second-order valence-electron chi connectivity index (χ2n) is 6.79. The number of carbonyl (C=O) groups excluding carboxylic acids is 1. The Hall–Kier alpha value is -0.610. The van der Waals surface area contributed by atoms with Crippen molar-refractivity contribution in [1.82, 2.24) is 9.80 Å². The van der Waals surface area contributed by atoms with Gasteiger partial charge in [-0.15, -0.1) is 0 Å². The van der Waals surface area contributed by atoms with E-state index in [1.165, 1.54) is 25.7 Å². The largest absolute Gasteiger partial charge is 0.381 e. The van der Waals surface area contributed by atoms with Crippen LogP contribution >= 0.6 is 0 Å². The molecule has 0 radical (unpaired) electrons. The Morgan fingerprint density at radius 3 is 2.71 bits per heavy atom. The van der Waals surface area contributed by atoms with Crippen molar-refractivity contribution in [3.63, 3.8) is 0 Å². The molecule has 0 aromatic rings. The van der Waals surface area contributed by atoms with E-state index in [1.807, 2.05) is 0 Å². The molecule has 0 saturated carbocycles. The third kappa shape index (κ3) is 5.59. The highest BCUT2D eigenvalue weighted by Gasteiger charge is 2.22. The number of hydrogen-bond acceptors (Lipinski definition) is 3. The second kappa shape index (κ2) is 8.74. The normalized spacial score (nSPS) is 24.5. The van der Waals surface area contributed by atoms with Gasteiger partial charge in [0.1, 0.15) is 0 Å². The molecule has 122 valence electrons. The Bertz CT molecular complexity index is 316. The van der Waals surface area contributed by atoms with Crippen LogP contribution in [0.5, 0.6) is 0 Å². The Morgan fingerprint density at radius 1 is 1.29 bits per heavy atom. The molecule has 2 heterocycles. The molecule has 4 heteroatoms. The van der Waals surface area contributed by atoms with Gasteiger partial charge in [-0.25, -0.2) is 0 Å². The number of hydrogen-bond donors (Lipinski definition) is 0. The van der Waals surface area contributed by atoms with Crippen LogP contribution in [-0.4, -0.2) is 61.6 Å². The Morgan fingerprint density at radius 2 is 2.05 bits per heavy atom. The fourth-order valence-corrected chi connectivity index (χ4v) is 3.50. The van der Waals surface area contributed by atoms with Crippen molar-refractivity contribution >= 4 is 5.91 Å². The number of ether oxygens (including phenoxy) is 1. The molecule has 2 rings (SSSR count). The zero-order chi connectivity index (χ0) is 15.1. The molecular formula is C17H32N2O2. The second-order valence-corrected chi connectivity index (χ2v) is 6.79. The van der Waals surface area contributed by atoms with Crippen LogP contribution in [0.15, 0.2) is 0 Å². The van der Waals surface area contributed by atoms with Crippen LogP contribution in [0.4, 0.5) is 0 Å². The summed E-state index contributed by atoms with van der Waals surface area (Å²) in [4.78, 5) is 16.9. The molecule has 2 aliphatic rings. The molecule has 4 nitrogen and oxygen atoms in total. The van der Waals surface area contributed by atoms with Crippen molar-refractivity contribution < 1.29 is 9.53 Å². The summed E-state index contributed by atoms with van der Waals surface area (Å²) in [5.41, 5.74) is 0. The first-order chi connectivity index (χ1) is 10.2. The molecule has 1 unspecified atom stereocenters. The smallest absolute Gasteiger partial charge is 0.223 e. The topological polar surface area (TPSA) is 32.8 Å². The number of rotatable bonds is 6. The molecule has 0 aromatic heterocycles. The number of carbonyl (C=O) groups is 1. The van der Waals surface area contributed by atoms with Crippen molar-refractivity contribution in [2.24, 2.45) is 11.8 Å². The molecule has 2 fully saturated rings. The van der Waals surface area contributed by atoms with E-state index in [4.69, 9.17) is 4.74 Å². The van der Waals surface area contributed by atoms with Crippen molar-refractivity contribution in [2.75, 3.05) is 45.9 Å². The van der Waals surface area contributed by atoms with Crippen LogP contribution in [-0.2, 0) is 9.53 Å². The van der Waals surface area contributed by atoms with Gasteiger partial charge in [-0.1, -0.05) is 13.8 Å². The third-order valence-electron chi connectivity index (χ3n) is 4.96. The van der Waals surface area contributed by atoms with Gasteiger partial charge in [0.2, 0.25) is 5.91 Å². The van der Waals surface area contributed by atoms with Crippen molar-refractivity contribution in [1.29, 1.82) is 0 Å². The molecule has 0 spiro atoms. The lowest BCUT2D eigenvalue weighted by Crippen LogP contribution is -2.41.